The minimum atomic E-state index is -0.914. The van der Waals surface area contributed by atoms with Crippen molar-refractivity contribution in [3.8, 4) is 0 Å². The predicted octanol–water partition coefficient (Wildman–Crippen LogP) is 2.09. The highest BCUT2D eigenvalue weighted by Crippen LogP contribution is 2.14. The number of aryl methyl sites for hydroxylation is 1. The molecule has 0 radical (unpaired) electrons. The van der Waals surface area contributed by atoms with E-state index in [9.17, 15) is 9.90 Å². The molecular formula is C13H18O3. The first-order valence-corrected chi connectivity index (χ1v) is 5.56. The van der Waals surface area contributed by atoms with Crippen molar-refractivity contribution >= 4 is 5.97 Å². The number of rotatable bonds is 6. The zero-order valence-electron chi connectivity index (χ0n) is 9.47. The topological polar surface area (TPSA) is 57.5 Å². The van der Waals surface area contributed by atoms with Crippen LogP contribution in [0.3, 0.4) is 0 Å². The summed E-state index contributed by atoms with van der Waals surface area (Å²) in [5.74, 6) is -1.56. The molecule has 2 N–H and O–H groups in total. The summed E-state index contributed by atoms with van der Waals surface area (Å²) in [7, 11) is 0. The molecule has 0 fully saturated rings. The molecule has 0 spiro atoms. The number of aliphatic hydroxyl groups is 1. The maximum absolute atomic E-state index is 10.8. The van der Waals surface area contributed by atoms with Crippen LogP contribution in [0.1, 0.15) is 25.3 Å². The van der Waals surface area contributed by atoms with E-state index in [-0.39, 0.29) is 0 Å². The van der Waals surface area contributed by atoms with Gasteiger partial charge in [0.25, 0.3) is 0 Å². The van der Waals surface area contributed by atoms with Crippen LogP contribution in [0, 0.1) is 5.92 Å². The molecule has 1 aromatic rings. The third kappa shape index (κ3) is 4.03. The van der Waals surface area contributed by atoms with E-state index in [2.05, 4.69) is 0 Å². The molecule has 1 rings (SSSR count). The summed E-state index contributed by atoms with van der Waals surface area (Å²) >= 11 is 0. The molecule has 3 nitrogen and oxygen atoms in total. The number of hydrogen-bond acceptors (Lipinski definition) is 2. The molecule has 0 aliphatic heterocycles. The minimum absolute atomic E-state index is 0.516. The molecule has 0 aliphatic carbocycles. The Balaban J connectivity index is 2.37. The normalized spacial score (nSPS) is 14.4. The molecule has 2 atom stereocenters. The Hall–Kier alpha value is -1.35. The Morgan fingerprint density at radius 1 is 1.31 bits per heavy atom. The van der Waals surface area contributed by atoms with E-state index in [1.54, 1.807) is 0 Å². The van der Waals surface area contributed by atoms with Gasteiger partial charge in [0.1, 0.15) is 0 Å². The van der Waals surface area contributed by atoms with Crippen LogP contribution in [-0.4, -0.2) is 22.3 Å². The van der Waals surface area contributed by atoms with Crippen LogP contribution in [0.2, 0.25) is 0 Å². The van der Waals surface area contributed by atoms with Gasteiger partial charge in [0.05, 0.1) is 12.0 Å². The average Bonchev–Trinajstić information content (AvgIpc) is 2.24. The second-order valence-electron chi connectivity index (χ2n) is 4.06. The van der Waals surface area contributed by atoms with Gasteiger partial charge in [-0.2, -0.15) is 0 Å². The Morgan fingerprint density at radius 3 is 2.44 bits per heavy atom. The molecule has 0 unspecified atom stereocenters. The van der Waals surface area contributed by atoms with Gasteiger partial charge >= 0.3 is 5.97 Å². The zero-order valence-corrected chi connectivity index (χ0v) is 9.47. The largest absolute Gasteiger partial charge is 0.481 e. The molecule has 3 heteroatoms. The summed E-state index contributed by atoms with van der Waals surface area (Å²) in [6.07, 6.45) is 1.37. The first-order chi connectivity index (χ1) is 7.61. The van der Waals surface area contributed by atoms with Crippen LogP contribution in [0.5, 0.6) is 0 Å². The predicted molar refractivity (Wildman–Crippen MR) is 62.2 cm³/mol. The van der Waals surface area contributed by atoms with Crippen molar-refractivity contribution in [2.45, 2.75) is 32.3 Å². The second kappa shape index (κ2) is 6.28. The van der Waals surface area contributed by atoms with E-state index in [1.807, 2.05) is 30.3 Å². The fourth-order valence-electron chi connectivity index (χ4n) is 1.74. The zero-order chi connectivity index (χ0) is 12.0. The first-order valence-electron chi connectivity index (χ1n) is 5.56. The molecule has 0 bridgehead atoms. The van der Waals surface area contributed by atoms with Crippen LogP contribution < -0.4 is 0 Å². The van der Waals surface area contributed by atoms with Gasteiger partial charge in [0, 0.05) is 0 Å². The van der Waals surface area contributed by atoms with Crippen LogP contribution in [0.15, 0.2) is 30.3 Å². The monoisotopic (exact) mass is 222 g/mol. The molecule has 0 saturated carbocycles. The highest BCUT2D eigenvalue weighted by molar-refractivity contribution is 5.70. The number of hydrogen-bond donors (Lipinski definition) is 2. The van der Waals surface area contributed by atoms with Crippen molar-refractivity contribution < 1.29 is 15.0 Å². The average molecular weight is 222 g/mol. The van der Waals surface area contributed by atoms with Crippen molar-refractivity contribution in [1.29, 1.82) is 0 Å². The summed E-state index contributed by atoms with van der Waals surface area (Å²) in [6.45, 7) is 1.53. The summed E-state index contributed by atoms with van der Waals surface area (Å²) in [5, 5.41) is 18.2. The van der Waals surface area contributed by atoms with E-state index in [0.717, 1.165) is 12.8 Å². The molecular weight excluding hydrogens is 204 g/mol. The molecule has 0 amide bonds. The van der Waals surface area contributed by atoms with Crippen molar-refractivity contribution in [2.24, 2.45) is 5.92 Å². The molecule has 0 aromatic heterocycles. The number of benzene rings is 1. The number of aliphatic carboxylic acids is 1. The smallest absolute Gasteiger partial charge is 0.309 e. The van der Waals surface area contributed by atoms with Gasteiger partial charge in [-0.1, -0.05) is 30.3 Å². The maximum atomic E-state index is 10.8. The lowest BCUT2D eigenvalue weighted by atomic mass is 9.95. The Bertz CT molecular complexity index is 319. The van der Waals surface area contributed by atoms with Gasteiger partial charge in [-0.05, 0) is 31.7 Å². The highest BCUT2D eigenvalue weighted by atomic mass is 16.4. The van der Waals surface area contributed by atoms with E-state index < -0.39 is 18.0 Å². The van der Waals surface area contributed by atoms with Gasteiger partial charge in [-0.15, -0.1) is 0 Å². The van der Waals surface area contributed by atoms with Gasteiger partial charge in [-0.3, -0.25) is 4.79 Å². The third-order valence-electron chi connectivity index (χ3n) is 2.72. The quantitative estimate of drug-likeness (QED) is 0.774. The summed E-state index contributed by atoms with van der Waals surface area (Å²) in [4.78, 5) is 10.8. The summed E-state index contributed by atoms with van der Waals surface area (Å²) in [6, 6.07) is 9.95. The molecule has 0 saturated heterocycles. The molecule has 88 valence electrons. The van der Waals surface area contributed by atoms with E-state index >= 15 is 0 Å². The third-order valence-corrected chi connectivity index (χ3v) is 2.72. The van der Waals surface area contributed by atoms with Gasteiger partial charge in [-0.25, -0.2) is 0 Å². The first kappa shape index (κ1) is 12.7. The van der Waals surface area contributed by atoms with Gasteiger partial charge in [0.15, 0.2) is 0 Å². The Kier molecular flexibility index (Phi) is 4.99. The standard InChI is InChI=1S/C13H18O3/c1-10(14)12(13(15)16)9-5-8-11-6-3-2-4-7-11/h2-4,6-7,10,12,14H,5,8-9H2,1H3,(H,15,16)/t10-,12+/m0/s1. The van der Waals surface area contributed by atoms with Crippen LogP contribution >= 0.6 is 0 Å². The lowest BCUT2D eigenvalue weighted by molar-refractivity contribution is -0.145. The SMILES string of the molecule is C[C@H](O)[C@@H](CCCc1ccccc1)C(=O)O. The fourth-order valence-corrected chi connectivity index (χ4v) is 1.74. The second-order valence-corrected chi connectivity index (χ2v) is 4.06. The van der Waals surface area contributed by atoms with Crippen LogP contribution in [-0.2, 0) is 11.2 Å². The lowest BCUT2D eigenvalue weighted by Crippen LogP contribution is -2.25. The summed E-state index contributed by atoms with van der Waals surface area (Å²) < 4.78 is 0. The van der Waals surface area contributed by atoms with Crippen molar-refractivity contribution in [1.82, 2.24) is 0 Å². The van der Waals surface area contributed by atoms with E-state index in [1.165, 1.54) is 12.5 Å². The number of aliphatic hydroxyl groups excluding tert-OH is 1. The van der Waals surface area contributed by atoms with Crippen molar-refractivity contribution in [3.05, 3.63) is 35.9 Å². The molecule has 16 heavy (non-hydrogen) atoms. The maximum Gasteiger partial charge on any atom is 0.309 e. The fraction of sp³-hybridized carbons (Fsp3) is 0.462. The molecule has 1 aromatic carbocycles. The van der Waals surface area contributed by atoms with Gasteiger partial charge in [0.2, 0.25) is 0 Å². The van der Waals surface area contributed by atoms with Crippen molar-refractivity contribution in [2.75, 3.05) is 0 Å². The number of carboxylic acids is 1. The van der Waals surface area contributed by atoms with E-state index in [0.29, 0.717) is 6.42 Å². The summed E-state index contributed by atoms with van der Waals surface area (Å²) in [5.41, 5.74) is 1.21. The Morgan fingerprint density at radius 2 is 1.94 bits per heavy atom. The van der Waals surface area contributed by atoms with E-state index in [4.69, 9.17) is 5.11 Å². The molecule has 0 aliphatic rings. The Labute approximate surface area is 95.7 Å². The molecule has 0 heterocycles. The highest BCUT2D eigenvalue weighted by Gasteiger charge is 2.22. The number of carbonyl (C=O) groups is 1. The van der Waals surface area contributed by atoms with Crippen LogP contribution in [0.25, 0.3) is 0 Å². The lowest BCUT2D eigenvalue weighted by Gasteiger charge is -2.14. The van der Waals surface area contributed by atoms with Gasteiger partial charge < -0.3 is 10.2 Å². The minimum Gasteiger partial charge on any atom is -0.481 e. The van der Waals surface area contributed by atoms with Crippen LogP contribution in [0.4, 0.5) is 0 Å². The number of carboxylic acid groups (broad SMARTS) is 1. The van der Waals surface area contributed by atoms with Crippen molar-refractivity contribution in [3.63, 3.8) is 0 Å².